The van der Waals surface area contributed by atoms with E-state index in [1.807, 2.05) is 16.8 Å². The van der Waals surface area contributed by atoms with Crippen molar-refractivity contribution in [3.05, 3.63) is 0 Å². The molecule has 1 amide bonds. The highest BCUT2D eigenvalue weighted by Gasteiger charge is 2.31. The van der Waals surface area contributed by atoms with Gasteiger partial charge in [0.15, 0.2) is 0 Å². The van der Waals surface area contributed by atoms with Gasteiger partial charge in [0.25, 0.3) is 0 Å². The molecule has 1 rings (SSSR count). The summed E-state index contributed by atoms with van der Waals surface area (Å²) >= 11 is 0. The molecule has 1 fully saturated rings. The van der Waals surface area contributed by atoms with E-state index in [1.54, 1.807) is 0 Å². The minimum absolute atomic E-state index is 0.0648. The number of rotatable bonds is 3. The predicted molar refractivity (Wildman–Crippen MR) is 54.9 cm³/mol. The molecule has 1 N–H and O–H groups in total. The van der Waals surface area contributed by atoms with Gasteiger partial charge in [0, 0.05) is 19.6 Å². The number of amides is 1. The molecule has 0 aliphatic carbocycles. The van der Waals surface area contributed by atoms with Crippen LogP contribution in [0.1, 0.15) is 13.8 Å². The van der Waals surface area contributed by atoms with Crippen molar-refractivity contribution < 1.29 is 9.90 Å². The summed E-state index contributed by atoms with van der Waals surface area (Å²) in [6.07, 6.45) is 0. The molecule has 0 bridgehead atoms. The molecule has 0 aromatic carbocycles. The van der Waals surface area contributed by atoms with Gasteiger partial charge in [-0.3, -0.25) is 9.69 Å². The van der Waals surface area contributed by atoms with Gasteiger partial charge in [-0.1, -0.05) is 13.8 Å². The topological polar surface area (TPSA) is 43.8 Å². The van der Waals surface area contributed by atoms with Crippen LogP contribution in [0.25, 0.3) is 0 Å². The molecule has 14 heavy (non-hydrogen) atoms. The second-order valence-electron chi connectivity index (χ2n) is 4.36. The first kappa shape index (κ1) is 11.5. The Morgan fingerprint density at radius 2 is 2.14 bits per heavy atom. The number of hydrogen-bond acceptors (Lipinski definition) is 3. The normalized spacial score (nSPS) is 24.8. The van der Waals surface area contributed by atoms with E-state index in [-0.39, 0.29) is 18.6 Å². The van der Waals surface area contributed by atoms with Crippen LogP contribution < -0.4 is 0 Å². The lowest BCUT2D eigenvalue weighted by Crippen LogP contribution is -2.57. The molecule has 0 spiro atoms. The molecule has 0 radical (unpaired) electrons. The monoisotopic (exact) mass is 200 g/mol. The van der Waals surface area contributed by atoms with Crippen LogP contribution in [0.5, 0.6) is 0 Å². The summed E-state index contributed by atoms with van der Waals surface area (Å²) in [6, 6.07) is -0.331. The highest BCUT2D eigenvalue weighted by molar-refractivity contribution is 5.82. The van der Waals surface area contributed by atoms with E-state index in [0.29, 0.717) is 5.92 Å². The summed E-state index contributed by atoms with van der Waals surface area (Å²) < 4.78 is 0. The summed E-state index contributed by atoms with van der Waals surface area (Å²) in [7, 11) is 1.88. The number of likely N-dealkylation sites (N-methyl/N-ethyl adjacent to an activating group) is 1. The molecule has 1 unspecified atom stereocenters. The number of carbonyl (C=O) groups excluding carboxylic acids is 1. The van der Waals surface area contributed by atoms with E-state index in [1.165, 1.54) is 0 Å². The van der Waals surface area contributed by atoms with Crippen LogP contribution in [0.4, 0.5) is 0 Å². The Hall–Kier alpha value is -0.610. The number of piperazine rings is 1. The molecule has 0 aromatic rings. The fraction of sp³-hybridized carbons (Fsp3) is 0.900. The fourth-order valence-corrected chi connectivity index (χ4v) is 1.78. The average Bonchev–Trinajstić information content (AvgIpc) is 2.10. The van der Waals surface area contributed by atoms with Crippen molar-refractivity contribution in [1.29, 1.82) is 0 Å². The predicted octanol–water partition coefficient (Wildman–Crippen LogP) is -0.223. The van der Waals surface area contributed by atoms with Gasteiger partial charge in [-0.2, -0.15) is 0 Å². The standard InChI is InChI=1S/C10H20N2O2/c1-8(2)6-12-5-4-11(3)9(7-13)10(12)14/h8-9,13H,4-7H2,1-3H3. The first-order valence-electron chi connectivity index (χ1n) is 5.16. The van der Waals surface area contributed by atoms with E-state index in [2.05, 4.69) is 13.8 Å². The van der Waals surface area contributed by atoms with Crippen LogP contribution in [0, 0.1) is 5.92 Å². The fourth-order valence-electron chi connectivity index (χ4n) is 1.78. The van der Waals surface area contributed by atoms with Crippen molar-refractivity contribution in [3.63, 3.8) is 0 Å². The second kappa shape index (κ2) is 4.75. The van der Waals surface area contributed by atoms with Crippen molar-refractivity contribution in [1.82, 2.24) is 9.80 Å². The highest BCUT2D eigenvalue weighted by atomic mass is 16.3. The SMILES string of the molecule is CC(C)CN1CCN(C)C(CO)C1=O. The lowest BCUT2D eigenvalue weighted by Gasteiger charge is -2.38. The maximum Gasteiger partial charge on any atom is 0.242 e. The maximum absolute atomic E-state index is 11.8. The molecular weight excluding hydrogens is 180 g/mol. The first-order chi connectivity index (χ1) is 6.56. The van der Waals surface area contributed by atoms with Crippen molar-refractivity contribution in [2.75, 3.05) is 33.3 Å². The summed E-state index contributed by atoms with van der Waals surface area (Å²) in [4.78, 5) is 15.6. The largest absolute Gasteiger partial charge is 0.394 e. The first-order valence-corrected chi connectivity index (χ1v) is 5.16. The third-order valence-corrected chi connectivity index (χ3v) is 2.61. The molecule has 1 heterocycles. The van der Waals surface area contributed by atoms with Crippen LogP contribution in [0.15, 0.2) is 0 Å². The highest BCUT2D eigenvalue weighted by Crippen LogP contribution is 2.10. The van der Waals surface area contributed by atoms with E-state index >= 15 is 0 Å². The van der Waals surface area contributed by atoms with E-state index in [0.717, 1.165) is 19.6 Å². The molecule has 4 nitrogen and oxygen atoms in total. The van der Waals surface area contributed by atoms with E-state index in [4.69, 9.17) is 5.11 Å². The minimum Gasteiger partial charge on any atom is -0.394 e. The Bertz CT molecular complexity index is 206. The van der Waals surface area contributed by atoms with Crippen molar-refractivity contribution in [3.8, 4) is 0 Å². The molecular formula is C10H20N2O2. The maximum atomic E-state index is 11.8. The lowest BCUT2D eigenvalue weighted by molar-refractivity contribution is -0.143. The van der Waals surface area contributed by atoms with Gasteiger partial charge in [0.2, 0.25) is 5.91 Å². The Kier molecular flexibility index (Phi) is 3.89. The number of hydrogen-bond donors (Lipinski definition) is 1. The molecule has 0 aromatic heterocycles. The summed E-state index contributed by atoms with van der Waals surface area (Å²) in [6.45, 7) is 6.54. The Balaban J connectivity index is 2.59. The van der Waals surface area contributed by atoms with Crippen molar-refractivity contribution in [2.45, 2.75) is 19.9 Å². The zero-order chi connectivity index (χ0) is 10.7. The van der Waals surface area contributed by atoms with Crippen LogP contribution in [0.3, 0.4) is 0 Å². The summed E-state index contributed by atoms with van der Waals surface area (Å²) in [5, 5.41) is 9.09. The average molecular weight is 200 g/mol. The van der Waals surface area contributed by atoms with Crippen LogP contribution in [-0.2, 0) is 4.79 Å². The Morgan fingerprint density at radius 3 is 2.64 bits per heavy atom. The van der Waals surface area contributed by atoms with Gasteiger partial charge >= 0.3 is 0 Å². The van der Waals surface area contributed by atoms with Gasteiger partial charge in [-0.15, -0.1) is 0 Å². The van der Waals surface area contributed by atoms with E-state index in [9.17, 15) is 4.79 Å². The zero-order valence-electron chi connectivity index (χ0n) is 9.23. The molecule has 1 saturated heterocycles. The third kappa shape index (κ3) is 2.45. The van der Waals surface area contributed by atoms with Crippen LogP contribution in [0.2, 0.25) is 0 Å². The third-order valence-electron chi connectivity index (χ3n) is 2.61. The summed E-state index contributed by atoms with van der Waals surface area (Å²) in [5.41, 5.74) is 0. The van der Waals surface area contributed by atoms with Crippen molar-refractivity contribution in [2.24, 2.45) is 5.92 Å². The second-order valence-corrected chi connectivity index (χ2v) is 4.36. The Labute approximate surface area is 85.5 Å². The molecule has 0 saturated carbocycles. The minimum atomic E-state index is -0.331. The molecule has 1 aliphatic heterocycles. The number of carbonyl (C=O) groups is 1. The van der Waals surface area contributed by atoms with Crippen molar-refractivity contribution >= 4 is 5.91 Å². The number of aliphatic hydroxyl groups excluding tert-OH is 1. The smallest absolute Gasteiger partial charge is 0.242 e. The zero-order valence-corrected chi connectivity index (χ0v) is 9.23. The molecule has 4 heteroatoms. The number of nitrogens with zero attached hydrogens (tertiary/aromatic N) is 2. The Morgan fingerprint density at radius 1 is 1.50 bits per heavy atom. The van der Waals surface area contributed by atoms with Crippen LogP contribution >= 0.6 is 0 Å². The molecule has 82 valence electrons. The van der Waals surface area contributed by atoms with E-state index < -0.39 is 0 Å². The molecule has 1 aliphatic rings. The van der Waals surface area contributed by atoms with Gasteiger partial charge in [0.1, 0.15) is 6.04 Å². The van der Waals surface area contributed by atoms with Gasteiger partial charge in [-0.25, -0.2) is 0 Å². The van der Waals surface area contributed by atoms with Gasteiger partial charge in [-0.05, 0) is 13.0 Å². The van der Waals surface area contributed by atoms with Gasteiger partial charge < -0.3 is 10.0 Å². The lowest BCUT2D eigenvalue weighted by atomic mass is 10.1. The van der Waals surface area contributed by atoms with Crippen LogP contribution in [-0.4, -0.2) is 60.1 Å². The molecule has 1 atom stereocenters. The quantitative estimate of drug-likeness (QED) is 0.685. The summed E-state index contributed by atoms with van der Waals surface area (Å²) in [5.74, 6) is 0.552. The number of aliphatic hydroxyl groups is 1. The van der Waals surface area contributed by atoms with Gasteiger partial charge in [0.05, 0.1) is 6.61 Å².